The lowest BCUT2D eigenvalue weighted by atomic mass is 10.0. The molecule has 2 N–H and O–H groups in total. The second kappa shape index (κ2) is 3.15. The SMILES string of the molecule is Oc1ccccc1C1CCCN1. The second-order valence-corrected chi connectivity index (χ2v) is 3.21. The van der Waals surface area contributed by atoms with Gasteiger partial charge in [0.1, 0.15) is 5.75 Å². The molecule has 1 atom stereocenters. The molecule has 0 radical (unpaired) electrons. The highest BCUT2D eigenvalue weighted by molar-refractivity contribution is 5.34. The highest BCUT2D eigenvalue weighted by Gasteiger charge is 2.18. The summed E-state index contributed by atoms with van der Waals surface area (Å²) in [4.78, 5) is 0. The molecule has 1 saturated heterocycles. The number of hydrogen-bond donors (Lipinski definition) is 2. The summed E-state index contributed by atoms with van der Waals surface area (Å²) in [5.74, 6) is 0.414. The Bertz CT molecular complexity index is 266. The average Bonchev–Trinajstić information content (AvgIpc) is 2.57. The van der Waals surface area contributed by atoms with Gasteiger partial charge in [-0.05, 0) is 25.5 Å². The first kappa shape index (κ1) is 7.62. The Morgan fingerprint density at radius 3 is 2.83 bits per heavy atom. The largest absolute Gasteiger partial charge is 0.508 e. The minimum Gasteiger partial charge on any atom is -0.508 e. The lowest BCUT2D eigenvalue weighted by molar-refractivity contribution is 0.457. The molecular formula is C10H13NO. The van der Waals surface area contributed by atoms with Crippen molar-refractivity contribution in [1.29, 1.82) is 0 Å². The van der Waals surface area contributed by atoms with Gasteiger partial charge < -0.3 is 10.4 Å². The van der Waals surface area contributed by atoms with E-state index in [0.29, 0.717) is 11.8 Å². The van der Waals surface area contributed by atoms with Gasteiger partial charge in [-0.25, -0.2) is 0 Å². The molecule has 0 bridgehead atoms. The number of aromatic hydroxyl groups is 1. The Labute approximate surface area is 72.2 Å². The smallest absolute Gasteiger partial charge is 0.120 e. The van der Waals surface area contributed by atoms with Crippen molar-refractivity contribution in [2.75, 3.05) is 6.54 Å². The number of hydrogen-bond acceptors (Lipinski definition) is 2. The van der Waals surface area contributed by atoms with Gasteiger partial charge in [0.05, 0.1) is 0 Å². The second-order valence-electron chi connectivity index (χ2n) is 3.21. The van der Waals surface area contributed by atoms with E-state index in [4.69, 9.17) is 0 Å². The molecule has 1 aromatic carbocycles. The van der Waals surface area contributed by atoms with E-state index in [9.17, 15) is 5.11 Å². The van der Waals surface area contributed by atoms with E-state index in [-0.39, 0.29) is 0 Å². The predicted molar refractivity (Wildman–Crippen MR) is 48.1 cm³/mol. The van der Waals surface area contributed by atoms with Gasteiger partial charge in [-0.15, -0.1) is 0 Å². The summed E-state index contributed by atoms with van der Waals surface area (Å²) in [6, 6.07) is 7.92. The third-order valence-electron chi connectivity index (χ3n) is 2.37. The minimum absolute atomic E-state index is 0.367. The molecular weight excluding hydrogens is 150 g/mol. The van der Waals surface area contributed by atoms with Crippen LogP contribution in [0.1, 0.15) is 24.4 Å². The molecule has 1 aliphatic heterocycles. The number of rotatable bonds is 1. The normalized spacial score (nSPS) is 22.8. The number of para-hydroxylation sites is 1. The molecule has 0 spiro atoms. The summed E-state index contributed by atoms with van der Waals surface area (Å²) in [6.07, 6.45) is 2.34. The maximum Gasteiger partial charge on any atom is 0.120 e. The average molecular weight is 163 g/mol. The molecule has 64 valence electrons. The summed E-state index contributed by atoms with van der Waals surface area (Å²) >= 11 is 0. The van der Waals surface area contributed by atoms with Crippen molar-refractivity contribution in [3.05, 3.63) is 29.8 Å². The van der Waals surface area contributed by atoms with Gasteiger partial charge in [-0.2, -0.15) is 0 Å². The van der Waals surface area contributed by atoms with Gasteiger partial charge in [0.2, 0.25) is 0 Å². The molecule has 12 heavy (non-hydrogen) atoms. The topological polar surface area (TPSA) is 32.3 Å². The number of nitrogens with one attached hydrogen (secondary N) is 1. The monoisotopic (exact) mass is 163 g/mol. The van der Waals surface area contributed by atoms with E-state index < -0.39 is 0 Å². The molecule has 1 aromatic rings. The Morgan fingerprint density at radius 2 is 2.17 bits per heavy atom. The summed E-state index contributed by atoms with van der Waals surface area (Å²) in [6.45, 7) is 1.07. The van der Waals surface area contributed by atoms with E-state index in [1.165, 1.54) is 6.42 Å². The molecule has 2 heteroatoms. The van der Waals surface area contributed by atoms with Crippen LogP contribution in [0, 0.1) is 0 Å². The first-order valence-electron chi connectivity index (χ1n) is 4.39. The standard InChI is InChI=1S/C10H13NO/c12-10-6-2-1-4-8(10)9-5-3-7-11-9/h1-2,4,6,9,11-12H,3,5,7H2. The van der Waals surface area contributed by atoms with Gasteiger partial charge in [0, 0.05) is 11.6 Å². The van der Waals surface area contributed by atoms with Crippen LogP contribution < -0.4 is 5.32 Å². The predicted octanol–water partition coefficient (Wildman–Crippen LogP) is 1.82. The molecule has 1 unspecified atom stereocenters. The fraction of sp³-hybridized carbons (Fsp3) is 0.400. The molecule has 0 aliphatic carbocycles. The number of phenols is 1. The van der Waals surface area contributed by atoms with Gasteiger partial charge >= 0.3 is 0 Å². The molecule has 2 nitrogen and oxygen atoms in total. The Hall–Kier alpha value is -1.02. The number of phenolic OH excluding ortho intramolecular Hbond substituents is 1. The third-order valence-corrected chi connectivity index (χ3v) is 2.37. The quantitative estimate of drug-likeness (QED) is 0.661. The van der Waals surface area contributed by atoms with Crippen LogP contribution in [0.2, 0.25) is 0 Å². The van der Waals surface area contributed by atoms with Crippen molar-refractivity contribution >= 4 is 0 Å². The Balaban J connectivity index is 2.26. The van der Waals surface area contributed by atoms with Crippen LogP contribution in [-0.2, 0) is 0 Å². The van der Waals surface area contributed by atoms with Crippen LogP contribution in [0.25, 0.3) is 0 Å². The van der Waals surface area contributed by atoms with Crippen LogP contribution in [0.5, 0.6) is 5.75 Å². The van der Waals surface area contributed by atoms with Crippen LogP contribution in [0.3, 0.4) is 0 Å². The van der Waals surface area contributed by atoms with Gasteiger partial charge in [-0.1, -0.05) is 18.2 Å². The Morgan fingerprint density at radius 1 is 1.33 bits per heavy atom. The van der Waals surface area contributed by atoms with E-state index >= 15 is 0 Å². The molecule has 1 fully saturated rings. The molecule has 0 amide bonds. The van der Waals surface area contributed by atoms with Crippen molar-refractivity contribution in [3.8, 4) is 5.75 Å². The zero-order valence-electron chi connectivity index (χ0n) is 6.96. The number of benzene rings is 1. The van der Waals surface area contributed by atoms with E-state index in [2.05, 4.69) is 5.32 Å². The minimum atomic E-state index is 0.367. The van der Waals surface area contributed by atoms with Gasteiger partial charge in [0.15, 0.2) is 0 Å². The molecule has 1 heterocycles. The first-order chi connectivity index (χ1) is 5.88. The summed E-state index contributed by atoms with van der Waals surface area (Å²) in [5.41, 5.74) is 1.04. The van der Waals surface area contributed by atoms with E-state index in [1.54, 1.807) is 6.07 Å². The summed E-state index contributed by atoms with van der Waals surface area (Å²) in [7, 11) is 0. The highest BCUT2D eigenvalue weighted by Crippen LogP contribution is 2.29. The molecule has 2 rings (SSSR count). The maximum atomic E-state index is 9.53. The lowest BCUT2D eigenvalue weighted by Gasteiger charge is -2.11. The van der Waals surface area contributed by atoms with Gasteiger partial charge in [-0.3, -0.25) is 0 Å². The fourth-order valence-electron chi connectivity index (χ4n) is 1.73. The van der Waals surface area contributed by atoms with Crippen molar-refractivity contribution < 1.29 is 5.11 Å². The van der Waals surface area contributed by atoms with Crippen molar-refractivity contribution in [1.82, 2.24) is 5.32 Å². The van der Waals surface area contributed by atoms with Crippen molar-refractivity contribution in [2.45, 2.75) is 18.9 Å². The maximum absolute atomic E-state index is 9.53. The third kappa shape index (κ3) is 1.30. The van der Waals surface area contributed by atoms with Crippen LogP contribution in [-0.4, -0.2) is 11.7 Å². The lowest BCUT2D eigenvalue weighted by Crippen LogP contribution is -2.12. The summed E-state index contributed by atoms with van der Waals surface area (Å²) < 4.78 is 0. The van der Waals surface area contributed by atoms with E-state index in [0.717, 1.165) is 18.5 Å². The van der Waals surface area contributed by atoms with Crippen LogP contribution in [0.4, 0.5) is 0 Å². The highest BCUT2D eigenvalue weighted by atomic mass is 16.3. The molecule has 0 saturated carbocycles. The fourth-order valence-corrected chi connectivity index (χ4v) is 1.73. The molecule has 0 aromatic heterocycles. The van der Waals surface area contributed by atoms with E-state index in [1.807, 2.05) is 18.2 Å². The van der Waals surface area contributed by atoms with Crippen LogP contribution in [0.15, 0.2) is 24.3 Å². The zero-order chi connectivity index (χ0) is 8.39. The van der Waals surface area contributed by atoms with Crippen LogP contribution >= 0.6 is 0 Å². The van der Waals surface area contributed by atoms with Gasteiger partial charge in [0.25, 0.3) is 0 Å². The summed E-state index contributed by atoms with van der Waals surface area (Å²) in [5, 5.41) is 12.9. The zero-order valence-corrected chi connectivity index (χ0v) is 6.96. The molecule has 1 aliphatic rings. The first-order valence-corrected chi connectivity index (χ1v) is 4.39. The Kier molecular flexibility index (Phi) is 2.00. The van der Waals surface area contributed by atoms with Crippen molar-refractivity contribution in [3.63, 3.8) is 0 Å². The van der Waals surface area contributed by atoms with Crippen molar-refractivity contribution in [2.24, 2.45) is 0 Å².